The van der Waals surface area contributed by atoms with Gasteiger partial charge in [0.1, 0.15) is 24.6 Å². The monoisotopic (exact) mass is 398 g/mol. The van der Waals surface area contributed by atoms with Gasteiger partial charge in [-0.05, 0) is 41.5 Å². The molecule has 4 unspecified atom stereocenters. The molecule has 1 heterocycles. The summed E-state index contributed by atoms with van der Waals surface area (Å²) < 4.78 is 11.4. The molecule has 26 heavy (non-hydrogen) atoms. The van der Waals surface area contributed by atoms with Crippen molar-refractivity contribution in [3.63, 3.8) is 0 Å². The van der Waals surface area contributed by atoms with Gasteiger partial charge in [0.15, 0.2) is 0 Å². The molecule has 2 aromatic carbocycles. The van der Waals surface area contributed by atoms with E-state index in [0.717, 1.165) is 5.56 Å². The highest BCUT2D eigenvalue weighted by Crippen LogP contribution is 2.32. The topological polar surface area (TPSA) is 79.2 Å². The van der Waals surface area contributed by atoms with E-state index in [1.807, 2.05) is 0 Å². The fourth-order valence-electron chi connectivity index (χ4n) is 2.96. The minimum absolute atomic E-state index is 0.205. The van der Waals surface area contributed by atoms with Gasteiger partial charge in [0.05, 0.1) is 18.8 Å². The normalized spacial score (nSPS) is 25.9. The Morgan fingerprint density at radius 1 is 1.04 bits per heavy atom. The Morgan fingerprint density at radius 3 is 2.31 bits per heavy atom. The fraction of sp³-hybridized carbons (Fsp3) is 0.368. The number of benzene rings is 2. The molecule has 5 nitrogen and oxygen atoms in total. The van der Waals surface area contributed by atoms with Gasteiger partial charge >= 0.3 is 0 Å². The van der Waals surface area contributed by atoms with Gasteiger partial charge in [0.2, 0.25) is 0 Å². The van der Waals surface area contributed by atoms with E-state index in [-0.39, 0.29) is 13.0 Å². The van der Waals surface area contributed by atoms with Crippen LogP contribution in [0.15, 0.2) is 42.5 Å². The number of hydrogen-bond acceptors (Lipinski definition) is 5. The first-order valence-electron chi connectivity index (χ1n) is 8.26. The Bertz CT molecular complexity index is 717. The molecular formula is C19H20Cl2O5. The van der Waals surface area contributed by atoms with E-state index in [9.17, 15) is 15.3 Å². The van der Waals surface area contributed by atoms with Crippen LogP contribution < -0.4 is 4.74 Å². The molecule has 2 aromatic rings. The second-order valence-corrected chi connectivity index (χ2v) is 7.16. The summed E-state index contributed by atoms with van der Waals surface area (Å²) in [5.74, 6) is 0.634. The van der Waals surface area contributed by atoms with E-state index in [4.69, 9.17) is 32.7 Å². The van der Waals surface area contributed by atoms with Crippen molar-refractivity contribution in [2.24, 2.45) is 0 Å². The molecule has 4 atom stereocenters. The van der Waals surface area contributed by atoms with Gasteiger partial charge in [0, 0.05) is 16.5 Å². The molecule has 1 saturated heterocycles. The van der Waals surface area contributed by atoms with Crippen molar-refractivity contribution < 1.29 is 24.8 Å². The van der Waals surface area contributed by atoms with Gasteiger partial charge in [-0.25, -0.2) is 0 Å². The van der Waals surface area contributed by atoms with Gasteiger partial charge in [-0.2, -0.15) is 0 Å². The summed E-state index contributed by atoms with van der Waals surface area (Å²) in [4.78, 5) is 0. The van der Waals surface area contributed by atoms with Gasteiger partial charge in [0.25, 0.3) is 0 Å². The number of aliphatic hydroxyl groups is 3. The number of rotatable bonds is 5. The molecule has 0 bridgehead atoms. The fourth-order valence-corrected chi connectivity index (χ4v) is 3.53. The minimum Gasteiger partial charge on any atom is -0.489 e. The highest BCUT2D eigenvalue weighted by Gasteiger charge is 2.37. The Balaban J connectivity index is 1.66. The number of halogens is 2. The third kappa shape index (κ3) is 4.68. The number of ether oxygens (including phenoxy) is 2. The highest BCUT2D eigenvalue weighted by molar-refractivity contribution is 6.34. The Hall–Kier alpha value is -1.34. The van der Waals surface area contributed by atoms with Crippen molar-refractivity contribution in [1.82, 2.24) is 0 Å². The smallest absolute Gasteiger partial charge is 0.119 e. The van der Waals surface area contributed by atoms with Crippen molar-refractivity contribution in [3.8, 4) is 5.75 Å². The average molecular weight is 399 g/mol. The first-order valence-corrected chi connectivity index (χ1v) is 9.02. The van der Waals surface area contributed by atoms with E-state index in [0.29, 0.717) is 28.0 Å². The van der Waals surface area contributed by atoms with Crippen molar-refractivity contribution in [2.75, 3.05) is 6.61 Å². The van der Waals surface area contributed by atoms with Gasteiger partial charge in [-0.1, -0.05) is 35.3 Å². The molecule has 1 aliphatic heterocycles. The predicted molar refractivity (Wildman–Crippen MR) is 98.6 cm³/mol. The van der Waals surface area contributed by atoms with Crippen LogP contribution >= 0.6 is 23.2 Å². The predicted octanol–water partition coefficient (Wildman–Crippen LogP) is 3.12. The van der Waals surface area contributed by atoms with Crippen LogP contribution in [0, 0.1) is 0 Å². The van der Waals surface area contributed by atoms with Crippen molar-refractivity contribution in [2.45, 2.75) is 37.4 Å². The molecule has 7 heteroatoms. The summed E-state index contributed by atoms with van der Waals surface area (Å²) >= 11 is 11.9. The third-order valence-corrected chi connectivity index (χ3v) is 4.72. The maximum Gasteiger partial charge on any atom is 0.119 e. The molecule has 0 spiro atoms. The second kappa shape index (κ2) is 8.57. The molecule has 140 valence electrons. The van der Waals surface area contributed by atoms with Crippen LogP contribution in [-0.4, -0.2) is 40.2 Å². The molecule has 0 saturated carbocycles. The highest BCUT2D eigenvalue weighted by atomic mass is 35.5. The number of aliphatic hydroxyl groups excluding tert-OH is 3. The van der Waals surface area contributed by atoms with Crippen LogP contribution in [0.5, 0.6) is 5.75 Å². The lowest BCUT2D eigenvalue weighted by Crippen LogP contribution is -2.44. The first-order chi connectivity index (χ1) is 12.5. The van der Waals surface area contributed by atoms with E-state index in [1.165, 1.54) is 0 Å². The zero-order chi connectivity index (χ0) is 18.7. The SMILES string of the molecule is OCC1CC(O)C(O)C(c2ccc(OCc3cc(Cl)cc(Cl)c3)cc2)O1. The maximum absolute atomic E-state index is 10.2. The Labute approximate surface area is 161 Å². The average Bonchev–Trinajstić information content (AvgIpc) is 2.62. The third-order valence-electron chi connectivity index (χ3n) is 4.29. The molecule has 3 N–H and O–H groups in total. The van der Waals surface area contributed by atoms with Crippen LogP contribution in [0.3, 0.4) is 0 Å². The maximum atomic E-state index is 10.2. The molecule has 1 fully saturated rings. The lowest BCUT2D eigenvalue weighted by molar-refractivity contribution is -0.179. The van der Waals surface area contributed by atoms with Crippen molar-refractivity contribution in [3.05, 3.63) is 63.6 Å². The van der Waals surface area contributed by atoms with Crippen LogP contribution in [0.2, 0.25) is 10.0 Å². The summed E-state index contributed by atoms with van der Waals surface area (Å²) in [6.45, 7) is 0.108. The Morgan fingerprint density at radius 2 is 1.69 bits per heavy atom. The minimum atomic E-state index is -1.04. The lowest BCUT2D eigenvalue weighted by Gasteiger charge is -2.36. The van der Waals surface area contributed by atoms with Crippen LogP contribution in [0.25, 0.3) is 0 Å². The molecular weight excluding hydrogens is 379 g/mol. The summed E-state index contributed by atoms with van der Waals surface area (Å²) in [7, 11) is 0. The molecule has 3 rings (SSSR count). The largest absolute Gasteiger partial charge is 0.489 e. The quantitative estimate of drug-likeness (QED) is 0.720. The van der Waals surface area contributed by atoms with Gasteiger partial charge in [-0.15, -0.1) is 0 Å². The van der Waals surface area contributed by atoms with Crippen LogP contribution in [0.1, 0.15) is 23.7 Å². The molecule has 0 radical (unpaired) electrons. The Kier molecular flexibility index (Phi) is 6.40. The van der Waals surface area contributed by atoms with E-state index in [2.05, 4.69) is 0 Å². The van der Waals surface area contributed by atoms with E-state index >= 15 is 0 Å². The summed E-state index contributed by atoms with van der Waals surface area (Å²) in [6, 6.07) is 12.3. The van der Waals surface area contributed by atoms with Crippen molar-refractivity contribution >= 4 is 23.2 Å². The molecule has 0 aliphatic carbocycles. The number of hydrogen-bond donors (Lipinski definition) is 3. The van der Waals surface area contributed by atoms with Crippen LogP contribution in [0.4, 0.5) is 0 Å². The molecule has 0 aromatic heterocycles. The second-order valence-electron chi connectivity index (χ2n) is 6.29. The zero-order valence-corrected chi connectivity index (χ0v) is 15.4. The first kappa shape index (κ1) is 19.4. The zero-order valence-electron chi connectivity index (χ0n) is 13.9. The lowest BCUT2D eigenvalue weighted by atomic mass is 9.93. The van der Waals surface area contributed by atoms with Gasteiger partial charge in [-0.3, -0.25) is 0 Å². The summed E-state index contributed by atoms with van der Waals surface area (Å²) in [6.07, 6.45) is -2.97. The van der Waals surface area contributed by atoms with E-state index in [1.54, 1.807) is 42.5 Å². The van der Waals surface area contributed by atoms with Gasteiger partial charge < -0.3 is 24.8 Å². The molecule has 0 amide bonds. The summed E-state index contributed by atoms with van der Waals surface area (Å²) in [5, 5.41) is 30.5. The van der Waals surface area contributed by atoms with Crippen molar-refractivity contribution in [1.29, 1.82) is 0 Å². The summed E-state index contributed by atoms with van der Waals surface area (Å²) in [5.41, 5.74) is 1.55. The van der Waals surface area contributed by atoms with E-state index < -0.39 is 24.4 Å². The standard InChI is InChI=1S/C19H20Cl2O5/c20-13-5-11(6-14(21)7-13)10-25-15-3-1-12(2-4-15)19-18(24)17(23)8-16(9-22)26-19/h1-7,16-19,22-24H,8-10H2. The molecule has 1 aliphatic rings. The van der Waals surface area contributed by atoms with Crippen LogP contribution in [-0.2, 0) is 11.3 Å².